The highest BCUT2D eigenvalue weighted by Gasteiger charge is 2.15. The first-order valence-corrected chi connectivity index (χ1v) is 7.67. The van der Waals surface area contributed by atoms with E-state index in [1.54, 1.807) is 23.5 Å². The zero-order valence-corrected chi connectivity index (χ0v) is 12.7. The Labute approximate surface area is 131 Å². The highest BCUT2D eigenvalue weighted by Crippen LogP contribution is 2.34. The van der Waals surface area contributed by atoms with Gasteiger partial charge in [0.2, 0.25) is 0 Å². The predicted molar refractivity (Wildman–Crippen MR) is 88.5 cm³/mol. The molecule has 21 heavy (non-hydrogen) atoms. The molecule has 106 valence electrons. The van der Waals surface area contributed by atoms with Gasteiger partial charge in [0, 0.05) is 5.56 Å². The van der Waals surface area contributed by atoms with Crippen molar-refractivity contribution in [2.24, 2.45) is 5.84 Å². The van der Waals surface area contributed by atoms with Crippen molar-refractivity contribution in [1.29, 1.82) is 0 Å². The van der Waals surface area contributed by atoms with Crippen LogP contribution in [0.25, 0.3) is 10.2 Å². The first-order valence-electron chi connectivity index (χ1n) is 6.33. The number of nitrogens with zero attached hydrogens (tertiary/aromatic N) is 1. The number of hydrogen-bond acceptors (Lipinski definition) is 5. The first-order chi connectivity index (χ1) is 10.2. The van der Waals surface area contributed by atoms with Gasteiger partial charge in [-0.2, -0.15) is 12.6 Å². The molecule has 3 aromatic rings. The van der Waals surface area contributed by atoms with Gasteiger partial charge in [-0.05, 0) is 29.8 Å². The molecule has 0 aliphatic rings. The van der Waals surface area contributed by atoms with Crippen LogP contribution in [0.3, 0.4) is 0 Å². The van der Waals surface area contributed by atoms with Crippen LogP contribution in [0.15, 0.2) is 48.5 Å². The van der Waals surface area contributed by atoms with Gasteiger partial charge < -0.3 is 0 Å². The van der Waals surface area contributed by atoms with Gasteiger partial charge in [-0.25, -0.2) is 10.8 Å². The third-order valence-electron chi connectivity index (χ3n) is 3.16. The molecule has 0 radical (unpaired) electrons. The van der Waals surface area contributed by atoms with Crippen LogP contribution in [-0.2, 0) is 0 Å². The molecule has 3 rings (SSSR count). The van der Waals surface area contributed by atoms with Crippen molar-refractivity contribution >= 4 is 40.1 Å². The minimum atomic E-state index is -0.308. The maximum Gasteiger partial charge on any atom is 0.265 e. The second-order valence-corrected chi connectivity index (χ2v) is 6.10. The van der Waals surface area contributed by atoms with E-state index >= 15 is 0 Å². The Balaban J connectivity index is 1.90. The molecule has 0 aliphatic heterocycles. The summed E-state index contributed by atoms with van der Waals surface area (Å²) in [7, 11) is 0. The lowest BCUT2D eigenvalue weighted by molar-refractivity contribution is 0.0953. The van der Waals surface area contributed by atoms with Crippen LogP contribution < -0.4 is 11.3 Å². The van der Waals surface area contributed by atoms with Crippen LogP contribution >= 0.6 is 24.0 Å². The molecule has 3 N–H and O–H groups in total. The summed E-state index contributed by atoms with van der Waals surface area (Å²) in [6, 6.07) is 15.2. The smallest absolute Gasteiger partial charge is 0.265 e. The Kier molecular flexibility index (Phi) is 3.92. The molecule has 1 heterocycles. The Morgan fingerprint density at radius 1 is 1.19 bits per heavy atom. The van der Waals surface area contributed by atoms with Gasteiger partial charge in [0.1, 0.15) is 5.01 Å². The van der Waals surface area contributed by atoms with Crippen molar-refractivity contribution < 1.29 is 4.79 Å². The molecule has 0 spiro atoms. The molecule has 1 atom stereocenters. The first kappa shape index (κ1) is 14.1. The molecule has 0 saturated heterocycles. The van der Waals surface area contributed by atoms with Crippen LogP contribution in [0.1, 0.15) is 26.2 Å². The van der Waals surface area contributed by atoms with E-state index in [-0.39, 0.29) is 11.2 Å². The lowest BCUT2D eigenvalue weighted by Crippen LogP contribution is -2.29. The average Bonchev–Trinajstić information content (AvgIpc) is 2.97. The highest BCUT2D eigenvalue weighted by atomic mass is 32.1. The summed E-state index contributed by atoms with van der Waals surface area (Å²) in [6.45, 7) is 0. The second-order valence-electron chi connectivity index (χ2n) is 4.52. The molecule has 6 heteroatoms. The van der Waals surface area contributed by atoms with Gasteiger partial charge in [-0.3, -0.25) is 10.2 Å². The van der Waals surface area contributed by atoms with E-state index in [0.29, 0.717) is 5.56 Å². The van der Waals surface area contributed by atoms with E-state index in [4.69, 9.17) is 5.84 Å². The SMILES string of the molecule is NNC(=O)c1ccc(C(S)c2nc3ccccc3s2)cc1. The number of fused-ring (bicyclic) bond motifs is 1. The Morgan fingerprint density at radius 3 is 2.57 bits per heavy atom. The topological polar surface area (TPSA) is 68.0 Å². The summed E-state index contributed by atoms with van der Waals surface area (Å²) in [5.74, 6) is 4.80. The zero-order valence-electron chi connectivity index (χ0n) is 11.0. The summed E-state index contributed by atoms with van der Waals surface area (Å²) < 4.78 is 1.14. The number of hydrogen-bond donors (Lipinski definition) is 3. The standard InChI is InChI=1S/C15H13N3OS2/c16-18-14(19)10-7-5-9(6-8-10)13(20)15-17-11-3-1-2-4-12(11)21-15/h1-8,13,20H,16H2,(H,18,19). The third kappa shape index (κ3) is 2.78. The van der Waals surface area contributed by atoms with Crippen molar-refractivity contribution in [3.8, 4) is 0 Å². The lowest BCUT2D eigenvalue weighted by atomic mass is 10.1. The predicted octanol–water partition coefficient (Wildman–Crippen LogP) is 2.92. The minimum Gasteiger partial charge on any atom is -0.290 e. The number of nitrogens with two attached hydrogens (primary N) is 1. The molecule has 1 unspecified atom stereocenters. The number of nitrogens with one attached hydrogen (secondary N) is 1. The Hall–Kier alpha value is -1.89. The molecule has 2 aromatic carbocycles. The van der Waals surface area contributed by atoms with Gasteiger partial charge in [0.15, 0.2) is 0 Å². The van der Waals surface area contributed by atoms with Crippen LogP contribution in [0.2, 0.25) is 0 Å². The van der Waals surface area contributed by atoms with Gasteiger partial charge in [0.25, 0.3) is 5.91 Å². The molecule has 1 aromatic heterocycles. The number of para-hydroxylation sites is 1. The van der Waals surface area contributed by atoms with E-state index in [1.807, 2.05) is 36.4 Å². The fraction of sp³-hybridized carbons (Fsp3) is 0.0667. The number of thiazole rings is 1. The number of rotatable bonds is 3. The number of carbonyl (C=O) groups excluding carboxylic acids is 1. The van der Waals surface area contributed by atoms with Crippen LogP contribution in [0.4, 0.5) is 0 Å². The number of benzene rings is 2. The molecule has 0 fully saturated rings. The summed E-state index contributed by atoms with van der Waals surface area (Å²) in [5.41, 5.74) is 4.60. The van der Waals surface area contributed by atoms with E-state index in [1.165, 1.54) is 0 Å². The number of carbonyl (C=O) groups is 1. The molecule has 1 amide bonds. The molecule has 4 nitrogen and oxygen atoms in total. The van der Waals surface area contributed by atoms with Crippen molar-refractivity contribution in [3.05, 3.63) is 64.7 Å². The summed E-state index contributed by atoms with van der Waals surface area (Å²) in [6.07, 6.45) is 0. The molecular formula is C15H13N3OS2. The summed E-state index contributed by atoms with van der Waals surface area (Å²) in [5, 5.41) is 0.827. The largest absolute Gasteiger partial charge is 0.290 e. The number of hydrazine groups is 1. The third-order valence-corrected chi connectivity index (χ3v) is 4.98. The Bertz CT molecular complexity index is 750. The van der Waals surface area contributed by atoms with Crippen molar-refractivity contribution in [3.63, 3.8) is 0 Å². The minimum absolute atomic E-state index is 0.114. The van der Waals surface area contributed by atoms with Crippen LogP contribution in [-0.4, -0.2) is 10.9 Å². The molecular weight excluding hydrogens is 302 g/mol. The Morgan fingerprint density at radius 2 is 1.90 bits per heavy atom. The number of amides is 1. The number of thiol groups is 1. The molecule has 0 bridgehead atoms. The van der Waals surface area contributed by atoms with Crippen LogP contribution in [0, 0.1) is 0 Å². The number of aromatic nitrogens is 1. The quantitative estimate of drug-likeness (QED) is 0.301. The fourth-order valence-corrected chi connectivity index (χ4v) is 3.42. The van der Waals surface area contributed by atoms with E-state index in [9.17, 15) is 4.79 Å². The van der Waals surface area contributed by atoms with Gasteiger partial charge in [-0.15, -0.1) is 11.3 Å². The second kappa shape index (κ2) is 5.85. The maximum absolute atomic E-state index is 11.4. The van der Waals surface area contributed by atoms with Crippen molar-refractivity contribution in [2.75, 3.05) is 0 Å². The van der Waals surface area contributed by atoms with Crippen molar-refractivity contribution in [1.82, 2.24) is 10.4 Å². The van der Waals surface area contributed by atoms with E-state index in [2.05, 4.69) is 23.0 Å². The summed E-state index contributed by atoms with van der Waals surface area (Å²) in [4.78, 5) is 16.0. The van der Waals surface area contributed by atoms with E-state index in [0.717, 1.165) is 20.8 Å². The zero-order chi connectivity index (χ0) is 14.8. The van der Waals surface area contributed by atoms with E-state index < -0.39 is 0 Å². The number of nitrogen functional groups attached to an aromatic ring is 1. The molecule has 0 aliphatic carbocycles. The fourth-order valence-electron chi connectivity index (χ4n) is 2.05. The van der Waals surface area contributed by atoms with Gasteiger partial charge in [0.05, 0.1) is 15.5 Å². The van der Waals surface area contributed by atoms with Crippen molar-refractivity contribution in [2.45, 2.75) is 5.25 Å². The average molecular weight is 315 g/mol. The monoisotopic (exact) mass is 315 g/mol. The molecule has 0 saturated carbocycles. The lowest BCUT2D eigenvalue weighted by Gasteiger charge is -2.08. The highest BCUT2D eigenvalue weighted by molar-refractivity contribution is 7.81. The normalized spacial score (nSPS) is 12.3. The summed E-state index contributed by atoms with van der Waals surface area (Å²) >= 11 is 6.28. The van der Waals surface area contributed by atoms with Crippen LogP contribution in [0.5, 0.6) is 0 Å². The maximum atomic E-state index is 11.4. The van der Waals surface area contributed by atoms with Gasteiger partial charge in [-0.1, -0.05) is 24.3 Å². The van der Waals surface area contributed by atoms with Gasteiger partial charge >= 0.3 is 0 Å².